The van der Waals surface area contributed by atoms with Crippen LogP contribution in [0.5, 0.6) is 11.5 Å². The lowest BCUT2D eigenvalue weighted by atomic mass is 9.88. The highest BCUT2D eigenvalue weighted by Gasteiger charge is 2.28. The van der Waals surface area contributed by atoms with E-state index >= 15 is 0 Å². The highest BCUT2D eigenvalue weighted by molar-refractivity contribution is 7.15. The van der Waals surface area contributed by atoms with Gasteiger partial charge < -0.3 is 24.8 Å². The third-order valence-corrected chi connectivity index (χ3v) is 6.59. The Hall–Kier alpha value is -3.59. The SMILES string of the molecule is COC(=O)C(C)(C)CCc1ncc(-c2ccc(NC(=O)Nc3ccc4c(c3)OCCO4)cc2)s1. The molecule has 3 aromatic rings. The molecule has 1 aromatic heterocycles. The summed E-state index contributed by atoms with van der Waals surface area (Å²) in [6.07, 6.45) is 3.20. The third-order valence-electron chi connectivity index (χ3n) is 5.48. The average Bonchev–Trinajstić information content (AvgIpc) is 3.32. The molecule has 0 fully saturated rings. The molecule has 0 spiro atoms. The van der Waals surface area contributed by atoms with Gasteiger partial charge in [0.1, 0.15) is 13.2 Å². The number of ether oxygens (including phenoxy) is 3. The summed E-state index contributed by atoms with van der Waals surface area (Å²) in [4.78, 5) is 29.8. The Balaban J connectivity index is 1.33. The van der Waals surface area contributed by atoms with Crippen molar-refractivity contribution in [1.29, 1.82) is 0 Å². The van der Waals surface area contributed by atoms with Crippen molar-refractivity contribution in [1.82, 2.24) is 4.98 Å². The number of esters is 1. The van der Waals surface area contributed by atoms with E-state index in [1.165, 1.54) is 7.11 Å². The Labute approximate surface area is 202 Å². The van der Waals surface area contributed by atoms with Crippen molar-refractivity contribution < 1.29 is 23.8 Å². The van der Waals surface area contributed by atoms with Crippen LogP contribution in [0, 0.1) is 5.41 Å². The number of rotatable bonds is 7. The number of aryl methyl sites for hydroxylation is 1. The van der Waals surface area contributed by atoms with E-state index in [0.717, 1.165) is 15.4 Å². The fourth-order valence-corrected chi connectivity index (χ4v) is 4.41. The van der Waals surface area contributed by atoms with E-state index in [9.17, 15) is 9.59 Å². The number of anilines is 2. The van der Waals surface area contributed by atoms with E-state index < -0.39 is 5.41 Å². The van der Waals surface area contributed by atoms with Gasteiger partial charge in [0.15, 0.2) is 11.5 Å². The van der Waals surface area contributed by atoms with E-state index in [0.29, 0.717) is 48.9 Å². The van der Waals surface area contributed by atoms with Gasteiger partial charge in [0, 0.05) is 30.1 Å². The second-order valence-corrected chi connectivity index (χ2v) is 9.62. The number of hydrogen-bond acceptors (Lipinski definition) is 7. The van der Waals surface area contributed by atoms with Gasteiger partial charge in [-0.3, -0.25) is 4.79 Å². The Kier molecular flexibility index (Phi) is 7.02. The Morgan fingerprint density at radius 2 is 1.71 bits per heavy atom. The zero-order valence-electron chi connectivity index (χ0n) is 19.3. The van der Waals surface area contributed by atoms with Crippen LogP contribution in [-0.4, -0.2) is 37.3 Å². The Bertz CT molecular complexity index is 1170. The zero-order chi connectivity index (χ0) is 24.1. The molecule has 0 saturated carbocycles. The van der Waals surface area contributed by atoms with Crippen molar-refractivity contribution >= 4 is 34.7 Å². The van der Waals surface area contributed by atoms with Gasteiger partial charge in [-0.15, -0.1) is 11.3 Å². The maximum atomic E-state index is 12.4. The molecular weight excluding hydrogens is 454 g/mol. The number of nitrogens with one attached hydrogen (secondary N) is 2. The summed E-state index contributed by atoms with van der Waals surface area (Å²) in [7, 11) is 1.41. The van der Waals surface area contributed by atoms with Crippen LogP contribution in [-0.2, 0) is 16.0 Å². The smallest absolute Gasteiger partial charge is 0.323 e. The molecule has 0 aliphatic carbocycles. The van der Waals surface area contributed by atoms with Gasteiger partial charge in [0.25, 0.3) is 0 Å². The number of urea groups is 1. The molecule has 0 bridgehead atoms. The molecular formula is C25H27N3O5S. The summed E-state index contributed by atoms with van der Waals surface area (Å²) >= 11 is 1.59. The topological polar surface area (TPSA) is 98.8 Å². The summed E-state index contributed by atoms with van der Waals surface area (Å²) in [5.41, 5.74) is 1.75. The first kappa shape index (κ1) is 23.6. The molecule has 2 heterocycles. The van der Waals surface area contributed by atoms with Crippen LogP contribution in [0.3, 0.4) is 0 Å². The first-order valence-electron chi connectivity index (χ1n) is 11.0. The third kappa shape index (κ3) is 5.66. The summed E-state index contributed by atoms with van der Waals surface area (Å²) in [6, 6.07) is 12.5. The summed E-state index contributed by atoms with van der Waals surface area (Å²) in [5.74, 6) is 1.07. The van der Waals surface area contributed by atoms with Crippen molar-refractivity contribution in [3.63, 3.8) is 0 Å². The molecule has 2 amide bonds. The summed E-state index contributed by atoms with van der Waals surface area (Å²) in [5, 5.41) is 6.60. The minimum Gasteiger partial charge on any atom is -0.486 e. The van der Waals surface area contributed by atoms with Gasteiger partial charge in [-0.1, -0.05) is 12.1 Å². The molecule has 0 atom stereocenters. The molecule has 0 radical (unpaired) electrons. The number of nitrogens with zero attached hydrogens (tertiary/aromatic N) is 1. The molecule has 0 saturated heterocycles. The van der Waals surface area contributed by atoms with Crippen LogP contribution in [0.2, 0.25) is 0 Å². The molecule has 1 aliphatic rings. The Morgan fingerprint density at radius 3 is 2.44 bits per heavy atom. The predicted octanol–water partition coefficient (Wildman–Crippen LogP) is 5.36. The number of aromatic nitrogens is 1. The van der Waals surface area contributed by atoms with Gasteiger partial charge in [0.2, 0.25) is 0 Å². The molecule has 178 valence electrons. The van der Waals surface area contributed by atoms with Crippen LogP contribution in [0.15, 0.2) is 48.7 Å². The second-order valence-electron chi connectivity index (χ2n) is 8.51. The molecule has 2 aromatic carbocycles. The lowest BCUT2D eigenvalue weighted by Crippen LogP contribution is -2.26. The average molecular weight is 482 g/mol. The number of benzene rings is 2. The van der Waals surface area contributed by atoms with E-state index in [-0.39, 0.29) is 12.0 Å². The molecule has 1 aliphatic heterocycles. The van der Waals surface area contributed by atoms with Crippen molar-refractivity contribution in [2.24, 2.45) is 5.41 Å². The predicted molar refractivity (Wildman–Crippen MR) is 132 cm³/mol. The molecule has 0 unspecified atom stereocenters. The minimum atomic E-state index is -0.547. The number of hydrogen-bond donors (Lipinski definition) is 2. The standard InChI is InChI=1S/C25H27N3O5S/c1-25(2,23(29)31-3)11-10-22-26-15-21(34-22)16-4-6-17(7-5-16)27-24(30)28-18-8-9-19-20(14-18)33-13-12-32-19/h4-9,14-15H,10-13H2,1-3H3,(H2,27,28,30). The largest absolute Gasteiger partial charge is 0.486 e. The summed E-state index contributed by atoms with van der Waals surface area (Å²) < 4.78 is 15.9. The van der Waals surface area contributed by atoms with Crippen LogP contribution in [0.4, 0.5) is 16.2 Å². The second kappa shape index (κ2) is 10.1. The number of amides is 2. The molecule has 34 heavy (non-hydrogen) atoms. The van der Waals surface area contributed by atoms with Crippen molar-refractivity contribution in [2.45, 2.75) is 26.7 Å². The fourth-order valence-electron chi connectivity index (χ4n) is 3.49. The number of fused-ring (bicyclic) bond motifs is 1. The lowest BCUT2D eigenvalue weighted by molar-refractivity contribution is -0.151. The van der Waals surface area contributed by atoms with Gasteiger partial charge in [-0.2, -0.15) is 0 Å². The fraction of sp³-hybridized carbons (Fsp3) is 0.320. The quantitative estimate of drug-likeness (QED) is 0.441. The van der Waals surface area contributed by atoms with Crippen LogP contribution in [0.25, 0.3) is 10.4 Å². The van der Waals surface area contributed by atoms with Crippen LogP contribution < -0.4 is 20.1 Å². The zero-order valence-corrected chi connectivity index (χ0v) is 20.2. The minimum absolute atomic E-state index is 0.217. The first-order chi connectivity index (χ1) is 16.3. The van der Waals surface area contributed by atoms with Gasteiger partial charge in [0.05, 0.1) is 22.4 Å². The van der Waals surface area contributed by atoms with Gasteiger partial charge in [-0.25, -0.2) is 9.78 Å². The normalized spacial score (nSPS) is 12.7. The number of thiazole rings is 1. The maximum absolute atomic E-state index is 12.4. The first-order valence-corrected chi connectivity index (χ1v) is 11.8. The van der Waals surface area contributed by atoms with Crippen LogP contribution in [0.1, 0.15) is 25.3 Å². The van der Waals surface area contributed by atoms with Crippen molar-refractivity contribution in [3.8, 4) is 21.9 Å². The highest BCUT2D eigenvalue weighted by Crippen LogP contribution is 2.33. The maximum Gasteiger partial charge on any atom is 0.323 e. The van der Waals surface area contributed by atoms with E-state index in [2.05, 4.69) is 15.6 Å². The monoisotopic (exact) mass is 481 g/mol. The van der Waals surface area contributed by atoms with Crippen molar-refractivity contribution in [3.05, 3.63) is 53.7 Å². The van der Waals surface area contributed by atoms with Crippen LogP contribution >= 0.6 is 11.3 Å². The van der Waals surface area contributed by atoms with E-state index in [4.69, 9.17) is 14.2 Å². The molecule has 8 nitrogen and oxygen atoms in total. The highest BCUT2D eigenvalue weighted by atomic mass is 32.1. The van der Waals surface area contributed by atoms with Gasteiger partial charge in [-0.05, 0) is 50.1 Å². The molecule has 2 N–H and O–H groups in total. The van der Waals surface area contributed by atoms with E-state index in [1.54, 1.807) is 29.5 Å². The molecule has 9 heteroatoms. The number of carbonyl (C=O) groups excluding carboxylic acids is 2. The summed E-state index contributed by atoms with van der Waals surface area (Å²) in [6.45, 7) is 4.76. The van der Waals surface area contributed by atoms with E-state index in [1.807, 2.05) is 44.3 Å². The number of carbonyl (C=O) groups is 2. The number of methoxy groups -OCH3 is 1. The lowest BCUT2D eigenvalue weighted by Gasteiger charge is -2.20. The van der Waals surface area contributed by atoms with Gasteiger partial charge >= 0.3 is 12.0 Å². The van der Waals surface area contributed by atoms with Crippen molar-refractivity contribution in [2.75, 3.05) is 31.0 Å². The molecule has 4 rings (SSSR count). The Morgan fingerprint density at radius 1 is 1.03 bits per heavy atom.